The van der Waals surface area contributed by atoms with Crippen molar-refractivity contribution in [1.29, 1.82) is 0 Å². The average molecular weight is 208 g/mol. The van der Waals surface area contributed by atoms with Crippen molar-refractivity contribution in [3.63, 3.8) is 0 Å². The minimum absolute atomic E-state index is 0.01000. The van der Waals surface area contributed by atoms with Crippen molar-refractivity contribution in [3.8, 4) is 5.75 Å². The number of hydrogen-bond donors (Lipinski definition) is 2. The number of para-hydroxylation sites is 1. The second-order valence-corrected chi connectivity index (χ2v) is 3.76. The molecule has 82 valence electrons. The Bertz CT molecular complexity index is 346. The van der Waals surface area contributed by atoms with E-state index in [1.165, 1.54) is 6.07 Å². The van der Waals surface area contributed by atoms with E-state index in [0.29, 0.717) is 5.56 Å². The number of aromatic hydroxyl groups is 1. The Morgan fingerprint density at radius 3 is 2.47 bits per heavy atom. The van der Waals surface area contributed by atoms with Crippen LogP contribution in [0.3, 0.4) is 0 Å². The van der Waals surface area contributed by atoms with Gasteiger partial charge in [0.15, 0.2) is 0 Å². The molecule has 0 heterocycles. The van der Waals surface area contributed by atoms with E-state index in [2.05, 4.69) is 0 Å². The minimum atomic E-state index is -0.883. The Balaban J connectivity index is 3.10. The Morgan fingerprint density at radius 1 is 1.40 bits per heavy atom. The highest BCUT2D eigenvalue weighted by Crippen LogP contribution is 2.32. The summed E-state index contributed by atoms with van der Waals surface area (Å²) in [6, 6.07) is 6.62. The van der Waals surface area contributed by atoms with Crippen LogP contribution in [-0.4, -0.2) is 16.2 Å². The summed E-state index contributed by atoms with van der Waals surface area (Å²) < 4.78 is 0. The van der Waals surface area contributed by atoms with Crippen LogP contribution in [0.15, 0.2) is 24.3 Å². The van der Waals surface area contributed by atoms with Crippen LogP contribution in [0.5, 0.6) is 5.75 Å². The van der Waals surface area contributed by atoms with Crippen LogP contribution in [-0.2, 0) is 4.79 Å². The summed E-state index contributed by atoms with van der Waals surface area (Å²) in [4.78, 5) is 11.1. The second kappa shape index (κ2) is 4.82. The van der Waals surface area contributed by atoms with Gasteiger partial charge in [-0.25, -0.2) is 0 Å². The maximum absolute atomic E-state index is 11.1. The molecule has 0 aliphatic heterocycles. The van der Waals surface area contributed by atoms with Crippen molar-refractivity contribution in [2.24, 2.45) is 5.92 Å². The zero-order valence-electron chi connectivity index (χ0n) is 8.97. The molecule has 0 amide bonds. The molecule has 3 nitrogen and oxygen atoms in total. The summed E-state index contributed by atoms with van der Waals surface area (Å²) in [5.74, 6) is -1.44. The van der Waals surface area contributed by atoms with Gasteiger partial charge in [0, 0.05) is 5.56 Å². The van der Waals surface area contributed by atoms with Gasteiger partial charge in [-0.3, -0.25) is 4.79 Å². The average Bonchev–Trinajstić information content (AvgIpc) is 2.20. The third-order valence-electron chi connectivity index (χ3n) is 2.75. The lowest BCUT2D eigenvalue weighted by molar-refractivity contribution is -0.140. The third kappa shape index (κ3) is 2.49. The summed E-state index contributed by atoms with van der Waals surface area (Å²) in [7, 11) is 0. The molecule has 0 saturated heterocycles. The van der Waals surface area contributed by atoms with Crippen LogP contribution in [0, 0.1) is 5.92 Å². The number of hydrogen-bond acceptors (Lipinski definition) is 2. The van der Waals surface area contributed by atoms with Gasteiger partial charge in [-0.05, 0) is 12.0 Å². The van der Waals surface area contributed by atoms with Gasteiger partial charge in [-0.15, -0.1) is 0 Å². The zero-order chi connectivity index (χ0) is 11.4. The number of carboxylic acids is 1. The van der Waals surface area contributed by atoms with Crippen molar-refractivity contribution in [2.45, 2.75) is 26.2 Å². The van der Waals surface area contributed by atoms with Crippen LogP contribution < -0.4 is 0 Å². The largest absolute Gasteiger partial charge is 0.508 e. The predicted molar refractivity (Wildman–Crippen MR) is 57.9 cm³/mol. The SMILES string of the molecule is CCC(C)C(C(=O)O)c1ccccc1O. The topological polar surface area (TPSA) is 57.5 Å². The van der Waals surface area contributed by atoms with E-state index in [9.17, 15) is 9.90 Å². The molecule has 2 unspecified atom stereocenters. The molecule has 15 heavy (non-hydrogen) atoms. The normalized spacial score (nSPS) is 14.5. The monoisotopic (exact) mass is 208 g/mol. The number of phenols is 1. The molecule has 1 aromatic carbocycles. The molecular weight excluding hydrogens is 192 g/mol. The Morgan fingerprint density at radius 2 is 2.00 bits per heavy atom. The van der Waals surface area contributed by atoms with Crippen LogP contribution >= 0.6 is 0 Å². The van der Waals surface area contributed by atoms with Crippen molar-refractivity contribution in [2.75, 3.05) is 0 Å². The van der Waals surface area contributed by atoms with Crippen LogP contribution in [0.1, 0.15) is 31.7 Å². The van der Waals surface area contributed by atoms with Gasteiger partial charge in [-0.1, -0.05) is 38.5 Å². The second-order valence-electron chi connectivity index (χ2n) is 3.76. The number of carboxylic acid groups (broad SMARTS) is 1. The number of benzene rings is 1. The predicted octanol–water partition coefficient (Wildman–Crippen LogP) is 2.61. The first-order valence-electron chi connectivity index (χ1n) is 5.08. The van der Waals surface area contributed by atoms with Gasteiger partial charge in [-0.2, -0.15) is 0 Å². The van der Waals surface area contributed by atoms with Gasteiger partial charge in [0.1, 0.15) is 5.75 Å². The number of aliphatic carboxylic acids is 1. The molecule has 0 aliphatic rings. The Kier molecular flexibility index (Phi) is 3.72. The standard InChI is InChI=1S/C12H16O3/c1-3-8(2)11(12(14)15)9-6-4-5-7-10(9)13/h4-8,11,13H,3H2,1-2H3,(H,14,15). The maximum Gasteiger partial charge on any atom is 0.311 e. The molecule has 0 bridgehead atoms. The van der Waals surface area contributed by atoms with E-state index in [0.717, 1.165) is 6.42 Å². The first-order valence-corrected chi connectivity index (χ1v) is 5.08. The molecule has 0 aliphatic carbocycles. The molecule has 3 heteroatoms. The molecule has 1 aromatic rings. The Hall–Kier alpha value is -1.51. The highest BCUT2D eigenvalue weighted by Gasteiger charge is 2.27. The van der Waals surface area contributed by atoms with E-state index in [-0.39, 0.29) is 11.7 Å². The quantitative estimate of drug-likeness (QED) is 0.799. The molecule has 1 rings (SSSR count). The maximum atomic E-state index is 11.1. The minimum Gasteiger partial charge on any atom is -0.508 e. The summed E-state index contributed by atoms with van der Waals surface area (Å²) in [5.41, 5.74) is 0.499. The van der Waals surface area contributed by atoms with Gasteiger partial charge < -0.3 is 10.2 Å². The summed E-state index contributed by atoms with van der Waals surface area (Å²) in [5, 5.41) is 18.8. The van der Waals surface area contributed by atoms with E-state index in [4.69, 9.17) is 5.11 Å². The highest BCUT2D eigenvalue weighted by molar-refractivity contribution is 5.77. The van der Waals surface area contributed by atoms with Crippen LogP contribution in [0.2, 0.25) is 0 Å². The van der Waals surface area contributed by atoms with Gasteiger partial charge in [0.05, 0.1) is 5.92 Å². The lowest BCUT2D eigenvalue weighted by Crippen LogP contribution is -2.19. The molecule has 0 saturated carbocycles. The zero-order valence-corrected chi connectivity index (χ0v) is 8.97. The fourth-order valence-electron chi connectivity index (χ4n) is 1.67. The summed E-state index contributed by atoms with van der Waals surface area (Å²) >= 11 is 0. The van der Waals surface area contributed by atoms with Gasteiger partial charge >= 0.3 is 5.97 Å². The van der Waals surface area contributed by atoms with Crippen molar-refractivity contribution in [3.05, 3.63) is 29.8 Å². The van der Waals surface area contributed by atoms with Crippen LogP contribution in [0.25, 0.3) is 0 Å². The first kappa shape index (κ1) is 11.6. The lowest BCUT2D eigenvalue weighted by atomic mass is 9.85. The summed E-state index contributed by atoms with van der Waals surface area (Å²) in [6.45, 7) is 3.83. The molecule has 2 atom stereocenters. The summed E-state index contributed by atoms with van der Waals surface area (Å²) in [6.07, 6.45) is 0.769. The molecular formula is C12H16O3. The van der Waals surface area contributed by atoms with Gasteiger partial charge in [0.25, 0.3) is 0 Å². The fourth-order valence-corrected chi connectivity index (χ4v) is 1.67. The highest BCUT2D eigenvalue weighted by atomic mass is 16.4. The van der Waals surface area contributed by atoms with Gasteiger partial charge in [0.2, 0.25) is 0 Å². The van der Waals surface area contributed by atoms with E-state index in [1.807, 2.05) is 13.8 Å². The number of rotatable bonds is 4. The van der Waals surface area contributed by atoms with E-state index in [1.54, 1.807) is 18.2 Å². The molecule has 0 radical (unpaired) electrons. The van der Waals surface area contributed by atoms with E-state index < -0.39 is 11.9 Å². The molecule has 2 N–H and O–H groups in total. The smallest absolute Gasteiger partial charge is 0.311 e. The van der Waals surface area contributed by atoms with Crippen molar-refractivity contribution < 1.29 is 15.0 Å². The first-order chi connectivity index (χ1) is 7.07. The fraction of sp³-hybridized carbons (Fsp3) is 0.417. The van der Waals surface area contributed by atoms with Crippen molar-refractivity contribution >= 4 is 5.97 Å². The molecule has 0 spiro atoms. The molecule has 0 aromatic heterocycles. The number of carbonyl (C=O) groups is 1. The number of phenolic OH excluding ortho intramolecular Hbond substituents is 1. The van der Waals surface area contributed by atoms with Crippen molar-refractivity contribution in [1.82, 2.24) is 0 Å². The Labute approximate surface area is 89.4 Å². The lowest BCUT2D eigenvalue weighted by Gasteiger charge is -2.19. The molecule has 0 fully saturated rings. The van der Waals surface area contributed by atoms with Crippen LogP contribution in [0.4, 0.5) is 0 Å². The van der Waals surface area contributed by atoms with E-state index >= 15 is 0 Å². The third-order valence-corrected chi connectivity index (χ3v) is 2.75.